The molecule has 0 saturated heterocycles. The first-order valence-corrected chi connectivity index (χ1v) is 5.75. The van der Waals surface area contributed by atoms with E-state index in [1.54, 1.807) is 0 Å². The average Bonchev–Trinajstić information content (AvgIpc) is 2.32. The fourth-order valence-corrected chi connectivity index (χ4v) is 1.33. The van der Waals surface area contributed by atoms with Gasteiger partial charge in [-0.25, -0.2) is 8.78 Å². The molecule has 0 fully saturated rings. The van der Waals surface area contributed by atoms with Gasteiger partial charge in [0.1, 0.15) is 11.6 Å². The van der Waals surface area contributed by atoms with Gasteiger partial charge in [-0.2, -0.15) is 0 Å². The molecule has 3 nitrogen and oxygen atoms in total. The summed E-state index contributed by atoms with van der Waals surface area (Å²) in [5.41, 5.74) is 5.08. The van der Waals surface area contributed by atoms with Crippen molar-refractivity contribution >= 4 is 5.91 Å². The number of nitrogens with two attached hydrogens (primary N) is 1. The Kier molecular flexibility index (Phi) is 4.78. The Hall–Kier alpha value is -1.49. The first-order valence-electron chi connectivity index (χ1n) is 5.75. The van der Waals surface area contributed by atoms with Crippen molar-refractivity contribution in [3.8, 4) is 0 Å². The summed E-state index contributed by atoms with van der Waals surface area (Å²) in [6, 6.07) is 3.54. The highest BCUT2D eigenvalue weighted by molar-refractivity contribution is 5.78. The molecule has 0 aliphatic carbocycles. The van der Waals surface area contributed by atoms with Crippen LogP contribution in [0.1, 0.15) is 19.4 Å². The van der Waals surface area contributed by atoms with E-state index in [9.17, 15) is 13.6 Å². The maximum atomic E-state index is 13.3. The van der Waals surface area contributed by atoms with E-state index in [-0.39, 0.29) is 17.4 Å². The molecule has 5 heteroatoms. The Balaban J connectivity index is 2.61. The van der Waals surface area contributed by atoms with Gasteiger partial charge in [0, 0.05) is 12.1 Å². The number of halogens is 2. The van der Waals surface area contributed by atoms with Crippen LogP contribution in [0.15, 0.2) is 18.2 Å². The largest absolute Gasteiger partial charge is 0.355 e. The number of rotatable bonds is 5. The fourth-order valence-electron chi connectivity index (χ4n) is 1.33. The van der Waals surface area contributed by atoms with E-state index in [2.05, 4.69) is 5.32 Å². The monoisotopic (exact) mass is 256 g/mol. The van der Waals surface area contributed by atoms with Gasteiger partial charge in [0.15, 0.2) is 0 Å². The van der Waals surface area contributed by atoms with Gasteiger partial charge < -0.3 is 11.1 Å². The zero-order valence-corrected chi connectivity index (χ0v) is 10.6. The minimum absolute atomic E-state index is 0.208. The molecular formula is C13H18F2N2O. The zero-order chi connectivity index (χ0) is 13.8. The van der Waals surface area contributed by atoms with Crippen LogP contribution in [0.4, 0.5) is 8.78 Å². The molecule has 0 aromatic heterocycles. The van der Waals surface area contributed by atoms with Crippen LogP contribution in [0.25, 0.3) is 0 Å². The van der Waals surface area contributed by atoms with Gasteiger partial charge in [-0.3, -0.25) is 4.79 Å². The van der Waals surface area contributed by atoms with Gasteiger partial charge in [0.25, 0.3) is 0 Å². The lowest BCUT2D eigenvalue weighted by atomic mass is 9.94. The summed E-state index contributed by atoms with van der Waals surface area (Å²) in [5, 5.41) is 2.62. The molecule has 1 rings (SSSR count). The lowest BCUT2D eigenvalue weighted by Gasteiger charge is -2.22. The zero-order valence-electron chi connectivity index (χ0n) is 10.6. The van der Waals surface area contributed by atoms with Crippen LogP contribution < -0.4 is 11.1 Å². The van der Waals surface area contributed by atoms with Crippen molar-refractivity contribution in [1.82, 2.24) is 5.32 Å². The Morgan fingerprint density at radius 3 is 2.39 bits per heavy atom. The number of hydrogen-bond donors (Lipinski definition) is 2. The van der Waals surface area contributed by atoms with Crippen molar-refractivity contribution in [3.63, 3.8) is 0 Å². The van der Waals surface area contributed by atoms with Crippen LogP contribution >= 0.6 is 0 Å². The third-order valence-electron chi connectivity index (χ3n) is 2.72. The molecule has 0 aliphatic rings. The van der Waals surface area contributed by atoms with Crippen LogP contribution in [0.2, 0.25) is 0 Å². The summed E-state index contributed by atoms with van der Waals surface area (Å²) in [6.07, 6.45) is -0.306. The summed E-state index contributed by atoms with van der Waals surface area (Å²) < 4.78 is 26.6. The molecule has 100 valence electrons. The first-order chi connectivity index (χ1) is 8.35. The number of carbonyl (C=O) groups is 1. The molecule has 0 radical (unpaired) electrons. The lowest BCUT2D eigenvalue weighted by molar-refractivity contribution is -0.120. The number of amides is 1. The Bertz CT molecular complexity index is 413. The minimum Gasteiger partial charge on any atom is -0.355 e. The van der Waals surface area contributed by atoms with Gasteiger partial charge in [-0.05, 0) is 24.1 Å². The van der Waals surface area contributed by atoms with Gasteiger partial charge >= 0.3 is 0 Å². The van der Waals surface area contributed by atoms with Crippen LogP contribution in [0.3, 0.4) is 0 Å². The average molecular weight is 256 g/mol. The minimum atomic E-state index is -0.705. The first kappa shape index (κ1) is 14.6. The molecule has 18 heavy (non-hydrogen) atoms. The highest BCUT2D eigenvalue weighted by atomic mass is 19.1. The van der Waals surface area contributed by atoms with E-state index in [4.69, 9.17) is 5.73 Å². The van der Waals surface area contributed by atoms with Crippen LogP contribution in [-0.4, -0.2) is 19.0 Å². The third-order valence-corrected chi connectivity index (χ3v) is 2.72. The molecule has 1 aromatic carbocycles. The molecule has 0 unspecified atom stereocenters. The molecule has 0 heterocycles. The standard InChI is InChI=1S/C13H18F2N2O/c1-13(2,7-16)8-17-12(18)6-9-10(14)4-3-5-11(9)15/h3-5H,6-8,16H2,1-2H3,(H,17,18). The fraction of sp³-hybridized carbons (Fsp3) is 0.462. The third kappa shape index (κ3) is 4.07. The maximum Gasteiger partial charge on any atom is 0.224 e. The van der Waals surface area contributed by atoms with E-state index in [0.29, 0.717) is 13.1 Å². The Morgan fingerprint density at radius 1 is 1.33 bits per heavy atom. The smallest absolute Gasteiger partial charge is 0.224 e. The van der Waals surface area contributed by atoms with E-state index in [1.807, 2.05) is 13.8 Å². The number of benzene rings is 1. The van der Waals surface area contributed by atoms with Gasteiger partial charge in [-0.15, -0.1) is 0 Å². The van der Waals surface area contributed by atoms with E-state index >= 15 is 0 Å². The Labute approximate surface area is 105 Å². The topological polar surface area (TPSA) is 55.1 Å². The summed E-state index contributed by atoms with van der Waals surface area (Å²) in [5.74, 6) is -1.83. The van der Waals surface area contributed by atoms with Crippen LogP contribution in [0, 0.1) is 17.0 Å². The summed E-state index contributed by atoms with van der Waals surface area (Å²) in [6.45, 7) is 4.59. The van der Waals surface area contributed by atoms with Crippen molar-refractivity contribution in [2.45, 2.75) is 20.3 Å². The molecule has 0 aliphatic heterocycles. The molecule has 1 aromatic rings. The lowest BCUT2D eigenvalue weighted by Crippen LogP contribution is -2.39. The van der Waals surface area contributed by atoms with Crippen molar-refractivity contribution in [2.24, 2.45) is 11.1 Å². The predicted octanol–water partition coefficient (Wildman–Crippen LogP) is 1.61. The van der Waals surface area contributed by atoms with E-state index in [0.717, 1.165) is 12.1 Å². The number of carbonyl (C=O) groups excluding carboxylic acids is 1. The van der Waals surface area contributed by atoms with Crippen LogP contribution in [-0.2, 0) is 11.2 Å². The van der Waals surface area contributed by atoms with Crippen molar-refractivity contribution in [1.29, 1.82) is 0 Å². The molecule has 0 atom stereocenters. The van der Waals surface area contributed by atoms with Crippen molar-refractivity contribution in [2.75, 3.05) is 13.1 Å². The molecule has 0 spiro atoms. The Morgan fingerprint density at radius 2 is 1.89 bits per heavy atom. The van der Waals surface area contributed by atoms with E-state index in [1.165, 1.54) is 6.07 Å². The summed E-state index contributed by atoms with van der Waals surface area (Å²) in [7, 11) is 0. The second-order valence-electron chi connectivity index (χ2n) is 5.02. The SMILES string of the molecule is CC(C)(CN)CNC(=O)Cc1c(F)cccc1F. The summed E-state index contributed by atoms with van der Waals surface area (Å²) >= 11 is 0. The molecule has 3 N–H and O–H groups in total. The van der Waals surface area contributed by atoms with Crippen molar-refractivity contribution < 1.29 is 13.6 Å². The molecule has 0 saturated carbocycles. The number of hydrogen-bond acceptors (Lipinski definition) is 2. The van der Waals surface area contributed by atoms with Gasteiger partial charge in [-0.1, -0.05) is 19.9 Å². The van der Waals surface area contributed by atoms with Crippen LogP contribution in [0.5, 0.6) is 0 Å². The van der Waals surface area contributed by atoms with E-state index < -0.39 is 17.5 Å². The normalized spacial score (nSPS) is 11.4. The molecule has 0 bridgehead atoms. The highest BCUT2D eigenvalue weighted by Gasteiger charge is 2.18. The second kappa shape index (κ2) is 5.91. The predicted molar refractivity (Wildman–Crippen MR) is 65.9 cm³/mol. The van der Waals surface area contributed by atoms with Gasteiger partial charge in [0.2, 0.25) is 5.91 Å². The maximum absolute atomic E-state index is 13.3. The number of nitrogens with one attached hydrogen (secondary N) is 1. The summed E-state index contributed by atoms with van der Waals surface area (Å²) in [4.78, 5) is 11.6. The molecular weight excluding hydrogens is 238 g/mol. The highest BCUT2D eigenvalue weighted by Crippen LogP contribution is 2.13. The van der Waals surface area contributed by atoms with Gasteiger partial charge in [0.05, 0.1) is 6.42 Å². The quantitative estimate of drug-likeness (QED) is 0.841. The second-order valence-corrected chi connectivity index (χ2v) is 5.02. The van der Waals surface area contributed by atoms with Crippen molar-refractivity contribution in [3.05, 3.63) is 35.4 Å². The molecule has 1 amide bonds.